The van der Waals surface area contributed by atoms with Gasteiger partial charge in [-0.2, -0.15) is 0 Å². The molecule has 0 heterocycles. The van der Waals surface area contributed by atoms with E-state index >= 15 is 0 Å². The van der Waals surface area contributed by atoms with Crippen LogP contribution in [0.4, 0.5) is 21.5 Å². The van der Waals surface area contributed by atoms with Crippen molar-refractivity contribution in [1.29, 1.82) is 0 Å². The number of nitrogens with two attached hydrogens (primary N) is 1. The van der Waals surface area contributed by atoms with Crippen LogP contribution < -0.4 is 15.8 Å². The molecular formula is C13H12ClFN2O. The third-order valence-electron chi connectivity index (χ3n) is 2.36. The lowest BCUT2D eigenvalue weighted by Gasteiger charge is -2.09. The quantitative estimate of drug-likeness (QED) is 0.831. The van der Waals surface area contributed by atoms with Crippen LogP contribution >= 0.6 is 11.6 Å². The van der Waals surface area contributed by atoms with Gasteiger partial charge in [0.15, 0.2) is 0 Å². The predicted octanol–water partition coefficient (Wildman–Crippen LogP) is 3.81. The number of anilines is 3. The molecular weight excluding hydrogens is 255 g/mol. The Hall–Kier alpha value is -1.94. The number of benzene rings is 2. The Morgan fingerprint density at radius 2 is 1.94 bits per heavy atom. The highest BCUT2D eigenvalue weighted by atomic mass is 35.5. The Kier molecular flexibility index (Phi) is 3.58. The van der Waals surface area contributed by atoms with Gasteiger partial charge < -0.3 is 15.8 Å². The van der Waals surface area contributed by atoms with Crippen LogP contribution in [0.3, 0.4) is 0 Å². The van der Waals surface area contributed by atoms with Gasteiger partial charge in [-0.3, -0.25) is 0 Å². The van der Waals surface area contributed by atoms with E-state index in [1.807, 2.05) is 0 Å². The van der Waals surface area contributed by atoms with Gasteiger partial charge in [-0.05, 0) is 36.4 Å². The van der Waals surface area contributed by atoms with Gasteiger partial charge >= 0.3 is 0 Å². The Morgan fingerprint density at radius 1 is 1.17 bits per heavy atom. The zero-order valence-corrected chi connectivity index (χ0v) is 10.5. The van der Waals surface area contributed by atoms with Gasteiger partial charge in [0.05, 0.1) is 12.1 Å². The minimum Gasteiger partial charge on any atom is -0.495 e. The third kappa shape index (κ3) is 2.84. The van der Waals surface area contributed by atoms with E-state index in [1.165, 1.54) is 12.1 Å². The molecule has 2 rings (SSSR count). The van der Waals surface area contributed by atoms with E-state index in [9.17, 15) is 4.39 Å². The lowest BCUT2D eigenvalue weighted by Crippen LogP contribution is -1.94. The number of halogens is 2. The molecule has 94 valence electrons. The molecule has 0 unspecified atom stereocenters. The monoisotopic (exact) mass is 266 g/mol. The molecule has 3 nitrogen and oxygen atoms in total. The van der Waals surface area contributed by atoms with Crippen molar-refractivity contribution in [1.82, 2.24) is 0 Å². The van der Waals surface area contributed by atoms with Crippen LogP contribution in [-0.2, 0) is 0 Å². The minimum absolute atomic E-state index is 0.358. The molecule has 5 heteroatoms. The third-order valence-corrected chi connectivity index (χ3v) is 2.66. The molecule has 0 amide bonds. The molecule has 2 aromatic rings. The number of ether oxygens (including phenoxy) is 1. The highest BCUT2D eigenvalue weighted by Crippen LogP contribution is 2.29. The second kappa shape index (κ2) is 5.14. The summed E-state index contributed by atoms with van der Waals surface area (Å²) in [5.41, 5.74) is 7.21. The number of nitrogen functional groups attached to an aromatic ring is 1. The smallest absolute Gasteiger partial charge is 0.137 e. The standard InChI is InChI=1S/C13H12ClFN2O/c1-18-13-3-2-10(7-12(13)14)17-11-5-8(15)4-9(16)6-11/h2-7,17H,16H2,1H3. The summed E-state index contributed by atoms with van der Waals surface area (Å²) in [4.78, 5) is 0. The van der Waals surface area contributed by atoms with E-state index in [1.54, 1.807) is 31.4 Å². The van der Waals surface area contributed by atoms with Crippen LogP contribution in [0, 0.1) is 5.82 Å². The maximum atomic E-state index is 13.2. The van der Waals surface area contributed by atoms with E-state index in [0.717, 1.165) is 5.69 Å². The number of rotatable bonds is 3. The van der Waals surface area contributed by atoms with Crippen molar-refractivity contribution in [3.05, 3.63) is 47.2 Å². The van der Waals surface area contributed by atoms with Crippen LogP contribution in [-0.4, -0.2) is 7.11 Å². The minimum atomic E-state index is -0.392. The second-order valence-corrected chi connectivity index (χ2v) is 4.15. The van der Waals surface area contributed by atoms with E-state index in [-0.39, 0.29) is 0 Å². The van der Waals surface area contributed by atoms with E-state index in [0.29, 0.717) is 22.1 Å². The Balaban J connectivity index is 2.25. The summed E-state index contributed by atoms with van der Waals surface area (Å²) in [5.74, 6) is 0.193. The van der Waals surface area contributed by atoms with Crippen LogP contribution in [0.5, 0.6) is 5.75 Å². The molecule has 0 bridgehead atoms. The van der Waals surface area contributed by atoms with Crippen LogP contribution in [0.2, 0.25) is 5.02 Å². The van der Waals surface area contributed by atoms with Crippen molar-refractivity contribution in [2.24, 2.45) is 0 Å². The molecule has 0 aliphatic heterocycles. The Labute approximate surface area is 109 Å². The average molecular weight is 267 g/mol. The Morgan fingerprint density at radius 3 is 2.56 bits per heavy atom. The molecule has 0 aliphatic carbocycles. The van der Waals surface area contributed by atoms with Gasteiger partial charge in [0.25, 0.3) is 0 Å². The molecule has 0 radical (unpaired) electrons. The summed E-state index contributed by atoms with van der Waals surface area (Å²) in [6.07, 6.45) is 0. The zero-order valence-electron chi connectivity index (χ0n) is 9.71. The van der Waals surface area contributed by atoms with Gasteiger partial charge in [0, 0.05) is 17.1 Å². The lowest BCUT2D eigenvalue weighted by molar-refractivity contribution is 0.415. The molecule has 0 saturated carbocycles. The molecule has 18 heavy (non-hydrogen) atoms. The predicted molar refractivity (Wildman–Crippen MR) is 72.1 cm³/mol. The van der Waals surface area contributed by atoms with Gasteiger partial charge in [0.1, 0.15) is 11.6 Å². The van der Waals surface area contributed by atoms with Crippen molar-refractivity contribution in [2.75, 3.05) is 18.2 Å². The molecule has 0 aromatic heterocycles. The molecule has 3 N–H and O–H groups in total. The molecule has 0 saturated heterocycles. The fraction of sp³-hybridized carbons (Fsp3) is 0.0769. The number of hydrogen-bond acceptors (Lipinski definition) is 3. The summed E-state index contributed by atoms with van der Waals surface area (Å²) in [7, 11) is 1.54. The van der Waals surface area contributed by atoms with Gasteiger partial charge in [0.2, 0.25) is 0 Å². The SMILES string of the molecule is COc1ccc(Nc2cc(N)cc(F)c2)cc1Cl. The highest BCUT2D eigenvalue weighted by molar-refractivity contribution is 6.32. The molecule has 2 aromatic carbocycles. The first kappa shape index (κ1) is 12.5. The maximum Gasteiger partial charge on any atom is 0.137 e. The molecule has 0 atom stereocenters. The summed E-state index contributed by atoms with van der Waals surface area (Å²) in [6.45, 7) is 0. The number of hydrogen-bond donors (Lipinski definition) is 2. The summed E-state index contributed by atoms with van der Waals surface area (Å²) in [6, 6.07) is 9.46. The highest BCUT2D eigenvalue weighted by Gasteiger charge is 2.03. The Bertz CT molecular complexity index is 555. The fourth-order valence-corrected chi connectivity index (χ4v) is 1.85. The molecule has 0 aliphatic rings. The summed E-state index contributed by atoms with van der Waals surface area (Å²) < 4.78 is 18.2. The van der Waals surface area contributed by atoms with Crippen molar-refractivity contribution in [3.63, 3.8) is 0 Å². The number of methoxy groups -OCH3 is 1. The van der Waals surface area contributed by atoms with Crippen molar-refractivity contribution < 1.29 is 9.13 Å². The van der Waals surface area contributed by atoms with E-state index in [4.69, 9.17) is 22.1 Å². The maximum absolute atomic E-state index is 13.2. The van der Waals surface area contributed by atoms with Crippen LogP contribution in [0.25, 0.3) is 0 Å². The van der Waals surface area contributed by atoms with Gasteiger partial charge in [-0.1, -0.05) is 11.6 Å². The second-order valence-electron chi connectivity index (χ2n) is 3.75. The topological polar surface area (TPSA) is 47.3 Å². The van der Waals surface area contributed by atoms with E-state index < -0.39 is 5.82 Å². The van der Waals surface area contributed by atoms with Crippen LogP contribution in [0.1, 0.15) is 0 Å². The van der Waals surface area contributed by atoms with E-state index in [2.05, 4.69) is 5.32 Å². The zero-order chi connectivity index (χ0) is 13.1. The number of nitrogens with one attached hydrogen (secondary N) is 1. The first-order chi connectivity index (χ1) is 8.58. The average Bonchev–Trinajstić information content (AvgIpc) is 2.27. The molecule has 0 spiro atoms. The summed E-state index contributed by atoms with van der Waals surface area (Å²) in [5, 5.41) is 3.50. The first-order valence-corrected chi connectivity index (χ1v) is 5.63. The normalized spacial score (nSPS) is 10.2. The van der Waals surface area contributed by atoms with Crippen molar-refractivity contribution >= 4 is 28.7 Å². The van der Waals surface area contributed by atoms with Crippen molar-refractivity contribution in [2.45, 2.75) is 0 Å². The van der Waals surface area contributed by atoms with Gasteiger partial charge in [-0.15, -0.1) is 0 Å². The summed E-state index contributed by atoms with van der Waals surface area (Å²) >= 11 is 5.99. The van der Waals surface area contributed by atoms with Crippen molar-refractivity contribution in [3.8, 4) is 5.75 Å². The first-order valence-electron chi connectivity index (χ1n) is 5.25. The van der Waals surface area contributed by atoms with Crippen LogP contribution in [0.15, 0.2) is 36.4 Å². The largest absolute Gasteiger partial charge is 0.495 e. The fourth-order valence-electron chi connectivity index (χ4n) is 1.60. The van der Waals surface area contributed by atoms with Gasteiger partial charge in [-0.25, -0.2) is 4.39 Å². The lowest BCUT2D eigenvalue weighted by atomic mass is 10.2. The molecule has 0 fully saturated rings.